The zero-order valence-corrected chi connectivity index (χ0v) is 13.9. The number of methoxy groups -OCH3 is 1. The van der Waals surface area contributed by atoms with Crippen LogP contribution in [0.2, 0.25) is 0 Å². The third-order valence-corrected chi connectivity index (χ3v) is 3.98. The Labute approximate surface area is 146 Å². The molecule has 1 aromatic carbocycles. The Morgan fingerprint density at radius 2 is 1.83 bits per heavy atom. The van der Waals surface area contributed by atoms with Gasteiger partial charge in [0.05, 0.1) is 24.8 Å². The van der Waals surface area contributed by atoms with Crippen molar-refractivity contribution in [1.82, 2.24) is 14.7 Å². The lowest BCUT2D eigenvalue weighted by Gasteiger charge is -2.11. The first kappa shape index (κ1) is 16.3. The summed E-state index contributed by atoms with van der Waals surface area (Å²) >= 11 is 11.6. The minimum atomic E-state index is -1.08. The van der Waals surface area contributed by atoms with E-state index in [0.717, 1.165) is 9.58 Å². The summed E-state index contributed by atoms with van der Waals surface area (Å²) < 4.78 is 6.22. The number of halogens is 2. The Kier molecular flexibility index (Phi) is 4.18. The zero-order valence-electron chi connectivity index (χ0n) is 12.4. The fourth-order valence-corrected chi connectivity index (χ4v) is 2.81. The molecule has 9 heteroatoms. The number of hydrogen-bond acceptors (Lipinski definition) is 5. The topological polar surface area (TPSA) is 88.2 Å². The molecule has 0 fully saturated rings. The van der Waals surface area contributed by atoms with Gasteiger partial charge in [0, 0.05) is 0 Å². The van der Waals surface area contributed by atoms with Gasteiger partial charge in [0.1, 0.15) is 17.3 Å². The van der Waals surface area contributed by atoms with E-state index in [1.54, 1.807) is 24.3 Å². The summed E-state index contributed by atoms with van der Waals surface area (Å²) in [6, 6.07) is 8.45. The van der Waals surface area contributed by atoms with Crippen molar-refractivity contribution in [3.05, 3.63) is 46.6 Å². The van der Waals surface area contributed by atoms with E-state index >= 15 is 0 Å². The van der Waals surface area contributed by atoms with E-state index in [1.165, 1.54) is 7.11 Å². The van der Waals surface area contributed by atoms with Crippen molar-refractivity contribution < 1.29 is 14.3 Å². The van der Waals surface area contributed by atoms with Gasteiger partial charge in [-0.3, -0.25) is 14.5 Å². The fourth-order valence-electron chi connectivity index (χ4n) is 2.55. The van der Waals surface area contributed by atoms with Crippen LogP contribution in [0.25, 0.3) is 0 Å². The van der Waals surface area contributed by atoms with E-state index in [1.807, 2.05) is 6.07 Å². The normalized spacial score (nSPS) is 13.4. The van der Waals surface area contributed by atoms with Crippen LogP contribution in [0, 0.1) is 11.3 Å². The molecule has 1 aliphatic rings. The van der Waals surface area contributed by atoms with Gasteiger partial charge in [0.2, 0.25) is 10.8 Å². The Bertz CT molecular complexity index is 850. The van der Waals surface area contributed by atoms with E-state index in [-0.39, 0.29) is 23.7 Å². The number of alkyl halides is 2. The molecular weight excluding hydrogens is 355 g/mol. The minimum Gasteiger partial charge on any atom is -0.480 e. The Balaban J connectivity index is 2.00. The van der Waals surface area contributed by atoms with Crippen LogP contribution in [0.3, 0.4) is 0 Å². The molecule has 0 aliphatic carbocycles. The Morgan fingerprint density at radius 3 is 2.29 bits per heavy atom. The quantitative estimate of drug-likeness (QED) is 0.614. The summed E-state index contributed by atoms with van der Waals surface area (Å²) in [6.07, 6.45) is 0. The summed E-state index contributed by atoms with van der Waals surface area (Å²) in [5.74, 6) is -0.818. The van der Waals surface area contributed by atoms with Crippen molar-refractivity contribution in [2.75, 3.05) is 7.11 Å². The van der Waals surface area contributed by atoms with Gasteiger partial charge in [-0.15, -0.1) is 0 Å². The molecule has 0 saturated carbocycles. The Morgan fingerprint density at radius 1 is 1.25 bits per heavy atom. The van der Waals surface area contributed by atoms with Crippen LogP contribution < -0.4 is 4.74 Å². The molecule has 7 nitrogen and oxygen atoms in total. The van der Waals surface area contributed by atoms with E-state index in [2.05, 4.69) is 5.10 Å². The number of nitrogens with zero attached hydrogens (tertiary/aromatic N) is 4. The number of benzene rings is 1. The van der Waals surface area contributed by atoms with Gasteiger partial charge in [0.15, 0.2) is 0 Å². The van der Waals surface area contributed by atoms with Crippen LogP contribution in [-0.2, 0) is 6.54 Å². The molecule has 1 aromatic heterocycles. The number of carbonyl (C=O) groups excluding carboxylic acids is 2. The maximum Gasteiger partial charge on any atom is 0.261 e. The predicted octanol–water partition coefficient (Wildman–Crippen LogP) is 2.49. The summed E-state index contributed by atoms with van der Waals surface area (Å²) in [6.45, 7) is -0.181. The van der Waals surface area contributed by atoms with Crippen molar-refractivity contribution in [3.8, 4) is 11.9 Å². The number of nitriles is 1. The Hall–Kier alpha value is -2.56. The third kappa shape index (κ3) is 2.40. The van der Waals surface area contributed by atoms with Crippen molar-refractivity contribution in [2.24, 2.45) is 0 Å². The zero-order chi connectivity index (χ0) is 17.4. The van der Waals surface area contributed by atoms with E-state index in [0.29, 0.717) is 11.1 Å². The first-order valence-electron chi connectivity index (χ1n) is 6.78. The molecule has 3 rings (SSSR count). The van der Waals surface area contributed by atoms with Crippen LogP contribution in [0.4, 0.5) is 0 Å². The van der Waals surface area contributed by atoms with Crippen LogP contribution in [-0.4, -0.2) is 33.6 Å². The molecule has 0 spiro atoms. The van der Waals surface area contributed by atoms with Crippen molar-refractivity contribution in [1.29, 1.82) is 5.26 Å². The number of aromatic nitrogens is 2. The molecule has 122 valence electrons. The molecule has 1 aliphatic heterocycles. The standard InChI is InChI=1S/C15H10Cl2N4O3/c1-24-14-10(6-18)11(19-21(14)15(16)17)7-20-12(22)8-4-2-3-5-9(8)13(20)23/h2-5,15H,7H2,1H3. The molecule has 0 atom stereocenters. The van der Waals surface area contributed by atoms with Gasteiger partial charge in [-0.25, -0.2) is 0 Å². The second kappa shape index (κ2) is 6.15. The van der Waals surface area contributed by atoms with Crippen molar-refractivity contribution in [2.45, 2.75) is 11.5 Å². The molecule has 2 amide bonds. The molecule has 0 saturated heterocycles. The molecule has 0 N–H and O–H groups in total. The van der Waals surface area contributed by atoms with Gasteiger partial charge in [-0.2, -0.15) is 15.0 Å². The highest BCUT2D eigenvalue weighted by molar-refractivity contribution is 6.42. The number of ether oxygens (including phenoxy) is 1. The lowest BCUT2D eigenvalue weighted by atomic mass is 10.1. The van der Waals surface area contributed by atoms with Crippen LogP contribution in [0.1, 0.15) is 36.9 Å². The van der Waals surface area contributed by atoms with Crippen LogP contribution >= 0.6 is 23.2 Å². The number of amides is 2. The summed E-state index contributed by atoms with van der Waals surface area (Å²) in [5, 5.41) is 13.5. The van der Waals surface area contributed by atoms with Gasteiger partial charge in [-0.1, -0.05) is 35.3 Å². The van der Waals surface area contributed by atoms with E-state index in [4.69, 9.17) is 27.9 Å². The maximum atomic E-state index is 12.4. The lowest BCUT2D eigenvalue weighted by Crippen LogP contribution is -2.29. The van der Waals surface area contributed by atoms with Gasteiger partial charge >= 0.3 is 0 Å². The van der Waals surface area contributed by atoms with E-state index < -0.39 is 16.8 Å². The molecule has 2 heterocycles. The largest absolute Gasteiger partial charge is 0.480 e. The third-order valence-electron chi connectivity index (χ3n) is 3.62. The maximum absolute atomic E-state index is 12.4. The highest BCUT2D eigenvalue weighted by atomic mass is 35.5. The highest BCUT2D eigenvalue weighted by Gasteiger charge is 2.36. The average molecular weight is 365 g/mol. The second-order valence-electron chi connectivity index (χ2n) is 4.91. The van der Waals surface area contributed by atoms with Crippen LogP contribution in [0.5, 0.6) is 5.88 Å². The summed E-state index contributed by atoms with van der Waals surface area (Å²) in [5.41, 5.74) is 0.885. The number of hydrogen-bond donors (Lipinski definition) is 0. The van der Waals surface area contributed by atoms with Crippen LogP contribution in [0.15, 0.2) is 24.3 Å². The number of imide groups is 1. The molecule has 0 unspecified atom stereocenters. The number of rotatable bonds is 4. The smallest absolute Gasteiger partial charge is 0.261 e. The lowest BCUT2D eigenvalue weighted by molar-refractivity contribution is 0.0640. The summed E-state index contributed by atoms with van der Waals surface area (Å²) in [7, 11) is 1.34. The highest BCUT2D eigenvalue weighted by Crippen LogP contribution is 2.31. The first-order valence-corrected chi connectivity index (χ1v) is 7.65. The fraction of sp³-hybridized carbons (Fsp3) is 0.200. The van der Waals surface area contributed by atoms with Gasteiger partial charge in [-0.05, 0) is 12.1 Å². The molecule has 2 aromatic rings. The molecule has 24 heavy (non-hydrogen) atoms. The van der Waals surface area contributed by atoms with Gasteiger partial charge in [0.25, 0.3) is 11.8 Å². The van der Waals surface area contributed by atoms with Crippen molar-refractivity contribution >= 4 is 35.0 Å². The first-order chi connectivity index (χ1) is 11.5. The van der Waals surface area contributed by atoms with Crippen molar-refractivity contribution in [3.63, 3.8) is 0 Å². The summed E-state index contributed by atoms with van der Waals surface area (Å²) in [4.78, 5) is 24.8. The minimum absolute atomic E-state index is 0.0686. The molecule has 0 radical (unpaired) electrons. The monoisotopic (exact) mass is 364 g/mol. The molecule has 0 bridgehead atoms. The number of fused-ring (bicyclic) bond motifs is 1. The molecular formula is C15H10Cl2N4O3. The average Bonchev–Trinajstić information content (AvgIpc) is 3.06. The van der Waals surface area contributed by atoms with Gasteiger partial charge < -0.3 is 4.74 Å². The SMILES string of the molecule is COc1c(C#N)c(CN2C(=O)c3ccccc3C2=O)nn1C(Cl)Cl. The second-order valence-corrected chi connectivity index (χ2v) is 5.96. The number of carbonyl (C=O) groups is 2. The predicted molar refractivity (Wildman–Crippen MR) is 84.9 cm³/mol. The van der Waals surface area contributed by atoms with E-state index in [9.17, 15) is 14.9 Å².